The average Bonchev–Trinajstić information content (AvgIpc) is 2.61. The number of hydrogen-bond acceptors (Lipinski definition) is 5. The average molecular weight is 290 g/mol. The van der Waals surface area contributed by atoms with Gasteiger partial charge in [-0.1, -0.05) is 24.3 Å². The van der Waals surface area contributed by atoms with Crippen molar-refractivity contribution >= 4 is 12.1 Å². The van der Waals surface area contributed by atoms with Gasteiger partial charge in [-0.3, -0.25) is 14.8 Å². The minimum absolute atomic E-state index is 0.604. The van der Waals surface area contributed by atoms with Crippen molar-refractivity contribution in [2.75, 3.05) is 5.32 Å². The quantitative estimate of drug-likeness (QED) is 0.732. The molecule has 1 aromatic carbocycles. The van der Waals surface area contributed by atoms with Gasteiger partial charge in [0.25, 0.3) is 0 Å². The first kappa shape index (κ1) is 13.9. The Morgan fingerprint density at radius 2 is 1.95 bits per heavy atom. The summed E-state index contributed by atoms with van der Waals surface area (Å²) in [5.74, 6) is 0.675. The van der Waals surface area contributed by atoms with Gasteiger partial charge in [-0.2, -0.15) is 0 Å². The monoisotopic (exact) mass is 290 g/mol. The zero-order chi connectivity index (χ0) is 15.2. The van der Waals surface area contributed by atoms with Crippen LogP contribution in [0.15, 0.2) is 61.2 Å². The summed E-state index contributed by atoms with van der Waals surface area (Å²) in [5, 5.41) is 3.26. The zero-order valence-corrected chi connectivity index (χ0v) is 11.8. The normalized spacial score (nSPS) is 10.2. The molecule has 0 aliphatic carbocycles. The van der Waals surface area contributed by atoms with Gasteiger partial charge in [-0.05, 0) is 17.7 Å². The molecule has 22 heavy (non-hydrogen) atoms. The number of benzene rings is 1. The summed E-state index contributed by atoms with van der Waals surface area (Å²) in [6, 6.07) is 11.2. The lowest BCUT2D eigenvalue weighted by Gasteiger charge is -2.10. The van der Waals surface area contributed by atoms with E-state index in [1.807, 2.05) is 24.3 Å². The minimum atomic E-state index is 0.604. The third-order valence-electron chi connectivity index (χ3n) is 3.18. The van der Waals surface area contributed by atoms with Crippen LogP contribution in [0.2, 0.25) is 0 Å². The molecule has 3 aromatic rings. The van der Waals surface area contributed by atoms with Gasteiger partial charge in [-0.25, -0.2) is 4.98 Å². The standard InChI is InChI=1S/C17H14N4O/c22-12-13-3-1-5-15(9-13)16-17(20-8-7-19-16)21-11-14-4-2-6-18-10-14/h1-10,12H,11H2,(H,20,21). The largest absolute Gasteiger partial charge is 0.364 e. The molecule has 5 heteroatoms. The fraction of sp³-hybridized carbons (Fsp3) is 0.0588. The summed E-state index contributed by atoms with van der Waals surface area (Å²) in [7, 11) is 0. The predicted octanol–water partition coefficient (Wildman–Crippen LogP) is 2.96. The van der Waals surface area contributed by atoms with Gasteiger partial charge < -0.3 is 5.32 Å². The second kappa shape index (κ2) is 6.58. The molecule has 0 bridgehead atoms. The fourth-order valence-corrected chi connectivity index (χ4v) is 2.13. The number of nitrogens with one attached hydrogen (secondary N) is 1. The minimum Gasteiger partial charge on any atom is -0.364 e. The number of anilines is 1. The van der Waals surface area contributed by atoms with Crippen molar-refractivity contribution in [3.8, 4) is 11.3 Å². The van der Waals surface area contributed by atoms with E-state index in [9.17, 15) is 4.79 Å². The van der Waals surface area contributed by atoms with Crippen LogP contribution >= 0.6 is 0 Å². The molecule has 0 saturated carbocycles. The summed E-state index contributed by atoms with van der Waals surface area (Å²) in [5.41, 5.74) is 3.24. The van der Waals surface area contributed by atoms with Crippen LogP contribution < -0.4 is 5.32 Å². The van der Waals surface area contributed by atoms with Crippen molar-refractivity contribution in [3.05, 3.63) is 72.3 Å². The van der Waals surface area contributed by atoms with Crippen molar-refractivity contribution < 1.29 is 4.79 Å². The van der Waals surface area contributed by atoms with E-state index in [1.165, 1.54) is 0 Å². The number of carbonyl (C=O) groups excluding carboxylic acids is 1. The molecule has 3 rings (SSSR count). The first-order valence-electron chi connectivity index (χ1n) is 6.86. The molecule has 0 fully saturated rings. The zero-order valence-electron chi connectivity index (χ0n) is 11.8. The molecule has 2 aromatic heterocycles. The highest BCUT2D eigenvalue weighted by atomic mass is 16.1. The Kier molecular flexibility index (Phi) is 4.15. The van der Waals surface area contributed by atoms with Gasteiger partial charge in [0.1, 0.15) is 12.0 Å². The lowest BCUT2D eigenvalue weighted by atomic mass is 10.1. The van der Waals surface area contributed by atoms with Crippen molar-refractivity contribution in [2.24, 2.45) is 0 Å². The number of rotatable bonds is 5. The third kappa shape index (κ3) is 3.15. The molecule has 0 unspecified atom stereocenters. The van der Waals surface area contributed by atoms with Crippen LogP contribution in [0.25, 0.3) is 11.3 Å². The maximum atomic E-state index is 10.9. The van der Waals surface area contributed by atoms with Gasteiger partial charge in [0.15, 0.2) is 5.82 Å². The van der Waals surface area contributed by atoms with Crippen molar-refractivity contribution in [2.45, 2.75) is 6.54 Å². The first-order valence-corrected chi connectivity index (χ1v) is 6.86. The highest BCUT2D eigenvalue weighted by Gasteiger charge is 2.08. The number of aromatic nitrogens is 3. The predicted molar refractivity (Wildman–Crippen MR) is 84.4 cm³/mol. The Morgan fingerprint density at radius 1 is 1.05 bits per heavy atom. The molecule has 1 N–H and O–H groups in total. The highest BCUT2D eigenvalue weighted by Crippen LogP contribution is 2.24. The summed E-state index contributed by atoms with van der Waals surface area (Å²) >= 11 is 0. The number of hydrogen-bond donors (Lipinski definition) is 1. The van der Waals surface area contributed by atoms with Crippen molar-refractivity contribution in [3.63, 3.8) is 0 Å². The summed E-state index contributed by atoms with van der Waals surface area (Å²) in [6.45, 7) is 0.604. The van der Waals surface area contributed by atoms with E-state index in [0.29, 0.717) is 17.9 Å². The van der Waals surface area contributed by atoms with Crippen LogP contribution in [0, 0.1) is 0 Å². The van der Waals surface area contributed by atoms with E-state index in [2.05, 4.69) is 20.3 Å². The van der Waals surface area contributed by atoms with E-state index in [-0.39, 0.29) is 0 Å². The van der Waals surface area contributed by atoms with Crippen LogP contribution in [-0.2, 0) is 6.54 Å². The lowest BCUT2D eigenvalue weighted by Crippen LogP contribution is -2.04. The van der Waals surface area contributed by atoms with Gasteiger partial charge in [0, 0.05) is 42.5 Å². The second-order valence-corrected chi connectivity index (χ2v) is 4.71. The Balaban J connectivity index is 1.88. The van der Waals surface area contributed by atoms with Gasteiger partial charge in [0.2, 0.25) is 0 Å². The number of nitrogens with zero attached hydrogens (tertiary/aromatic N) is 3. The third-order valence-corrected chi connectivity index (χ3v) is 3.18. The maximum Gasteiger partial charge on any atom is 0.152 e. The molecule has 0 spiro atoms. The number of pyridine rings is 1. The molecule has 0 aliphatic heterocycles. The fourth-order valence-electron chi connectivity index (χ4n) is 2.13. The molecule has 0 saturated heterocycles. The highest BCUT2D eigenvalue weighted by molar-refractivity contribution is 5.80. The Bertz CT molecular complexity index is 774. The van der Waals surface area contributed by atoms with E-state index < -0.39 is 0 Å². The van der Waals surface area contributed by atoms with E-state index >= 15 is 0 Å². The molecule has 5 nitrogen and oxygen atoms in total. The van der Waals surface area contributed by atoms with Crippen LogP contribution in [-0.4, -0.2) is 21.2 Å². The van der Waals surface area contributed by atoms with Gasteiger partial charge in [0.05, 0.1) is 0 Å². The Hall–Kier alpha value is -3.08. The first-order chi connectivity index (χ1) is 10.9. The van der Waals surface area contributed by atoms with Gasteiger partial charge in [-0.15, -0.1) is 0 Å². The second-order valence-electron chi connectivity index (χ2n) is 4.71. The van der Waals surface area contributed by atoms with Crippen LogP contribution in [0.3, 0.4) is 0 Å². The number of carbonyl (C=O) groups is 1. The van der Waals surface area contributed by atoms with Gasteiger partial charge >= 0.3 is 0 Å². The van der Waals surface area contributed by atoms with E-state index in [0.717, 1.165) is 23.1 Å². The molecule has 0 atom stereocenters. The molecule has 2 heterocycles. The molecular weight excluding hydrogens is 276 g/mol. The molecular formula is C17H14N4O. The summed E-state index contributed by atoms with van der Waals surface area (Å²) in [4.78, 5) is 23.7. The van der Waals surface area contributed by atoms with E-state index in [4.69, 9.17) is 0 Å². The summed E-state index contributed by atoms with van der Waals surface area (Å²) < 4.78 is 0. The lowest BCUT2D eigenvalue weighted by molar-refractivity contribution is 0.112. The van der Waals surface area contributed by atoms with E-state index in [1.54, 1.807) is 36.9 Å². The molecule has 0 aliphatic rings. The van der Waals surface area contributed by atoms with Crippen molar-refractivity contribution in [1.29, 1.82) is 0 Å². The number of aldehydes is 1. The summed E-state index contributed by atoms with van der Waals surface area (Å²) in [6.07, 6.45) is 7.64. The Morgan fingerprint density at radius 3 is 2.77 bits per heavy atom. The molecule has 0 amide bonds. The SMILES string of the molecule is O=Cc1cccc(-c2nccnc2NCc2cccnc2)c1. The van der Waals surface area contributed by atoms with Crippen LogP contribution in [0.4, 0.5) is 5.82 Å². The van der Waals surface area contributed by atoms with Crippen LogP contribution in [0.1, 0.15) is 15.9 Å². The topological polar surface area (TPSA) is 67.8 Å². The Labute approximate surface area is 128 Å². The van der Waals surface area contributed by atoms with Crippen LogP contribution in [0.5, 0.6) is 0 Å². The smallest absolute Gasteiger partial charge is 0.152 e. The van der Waals surface area contributed by atoms with Crippen molar-refractivity contribution in [1.82, 2.24) is 15.0 Å². The molecule has 108 valence electrons. The molecule has 0 radical (unpaired) electrons. The maximum absolute atomic E-state index is 10.9.